The van der Waals surface area contributed by atoms with Crippen LogP contribution in [0.25, 0.3) is 115 Å². The normalized spacial score (nSPS) is 11.7. The van der Waals surface area contributed by atoms with Gasteiger partial charge in [0, 0.05) is 58.9 Å². The lowest BCUT2D eigenvalue weighted by atomic mass is 9.92. The zero-order valence-corrected chi connectivity index (χ0v) is 33.3. The van der Waals surface area contributed by atoms with E-state index in [1.54, 1.807) is 0 Å². The molecule has 0 spiro atoms. The lowest BCUT2D eigenvalue weighted by Gasteiger charge is -2.13. The highest BCUT2D eigenvalue weighted by molar-refractivity contribution is 7.26. The van der Waals surface area contributed by atoms with Gasteiger partial charge in [0.1, 0.15) is 0 Å². The van der Waals surface area contributed by atoms with Crippen molar-refractivity contribution in [2.24, 2.45) is 0 Å². The second kappa shape index (κ2) is 14.0. The van der Waals surface area contributed by atoms with E-state index in [1.165, 1.54) is 75.0 Å². The Morgan fingerprint density at radius 2 is 0.883 bits per heavy atom. The van der Waals surface area contributed by atoms with E-state index in [0.29, 0.717) is 5.82 Å². The Morgan fingerprint density at radius 1 is 0.333 bits per heavy atom. The third-order valence-corrected chi connectivity index (χ3v) is 13.1. The minimum atomic E-state index is 0.701. The summed E-state index contributed by atoms with van der Waals surface area (Å²) in [4.78, 5) is 10.2. The van der Waals surface area contributed by atoms with E-state index in [2.05, 4.69) is 205 Å². The Kier molecular flexibility index (Phi) is 8.03. The molecule has 0 saturated carbocycles. The first-order valence-corrected chi connectivity index (χ1v) is 21.1. The highest BCUT2D eigenvalue weighted by atomic mass is 32.1. The van der Waals surface area contributed by atoms with Crippen LogP contribution < -0.4 is 0 Å². The van der Waals surface area contributed by atoms with Gasteiger partial charge in [-0.05, 0) is 82.1 Å². The highest BCUT2D eigenvalue weighted by Gasteiger charge is 2.17. The molecule has 3 heterocycles. The summed E-state index contributed by atoms with van der Waals surface area (Å²) in [7, 11) is 0. The van der Waals surface area contributed by atoms with Gasteiger partial charge in [-0.3, -0.25) is 0 Å². The lowest BCUT2D eigenvalue weighted by Crippen LogP contribution is -1.97. The molecule has 3 nitrogen and oxygen atoms in total. The van der Waals surface area contributed by atoms with Gasteiger partial charge in [-0.2, -0.15) is 0 Å². The van der Waals surface area contributed by atoms with Gasteiger partial charge in [-0.1, -0.05) is 158 Å². The van der Waals surface area contributed by atoms with Crippen molar-refractivity contribution in [2.75, 3.05) is 0 Å². The van der Waals surface area contributed by atoms with Crippen molar-refractivity contribution in [3.8, 4) is 61.8 Å². The van der Waals surface area contributed by atoms with Crippen LogP contribution >= 0.6 is 11.3 Å². The molecule has 0 bridgehead atoms. The molecule has 12 rings (SSSR count). The molecular formula is C56H35N3S. The van der Waals surface area contributed by atoms with Crippen molar-refractivity contribution >= 4 is 64.1 Å². The summed E-state index contributed by atoms with van der Waals surface area (Å²) in [6.07, 6.45) is 0. The van der Waals surface area contributed by atoms with Crippen molar-refractivity contribution in [2.45, 2.75) is 0 Å². The van der Waals surface area contributed by atoms with Gasteiger partial charge in [0.05, 0.1) is 22.4 Å². The van der Waals surface area contributed by atoms with E-state index in [9.17, 15) is 0 Å². The lowest BCUT2D eigenvalue weighted by molar-refractivity contribution is 1.16. The third-order valence-electron chi connectivity index (χ3n) is 11.8. The Labute approximate surface area is 351 Å². The van der Waals surface area contributed by atoms with Crippen LogP contribution in [0.2, 0.25) is 0 Å². The SMILES string of the molecule is c1ccc(-c2cc(-c3ccccc3)nc(-c3ccc(-n4c5ccccc5c5cc(-c6cccc7c(-c8cccc9c8sc8ccccc89)cccc67)ccc54)cc3)n2)cc1. The topological polar surface area (TPSA) is 30.7 Å². The number of nitrogens with zero attached hydrogens (tertiary/aromatic N) is 3. The molecule has 0 radical (unpaired) electrons. The van der Waals surface area contributed by atoms with Gasteiger partial charge in [-0.25, -0.2) is 9.97 Å². The molecular weight excluding hydrogens is 747 g/mol. The smallest absolute Gasteiger partial charge is 0.160 e. The fourth-order valence-electron chi connectivity index (χ4n) is 9.02. The maximum absolute atomic E-state index is 5.08. The fourth-order valence-corrected chi connectivity index (χ4v) is 10.3. The zero-order chi connectivity index (χ0) is 39.6. The van der Waals surface area contributed by atoms with Crippen LogP contribution in [0.1, 0.15) is 0 Å². The van der Waals surface area contributed by atoms with Crippen LogP contribution in [0.15, 0.2) is 212 Å². The molecule has 9 aromatic carbocycles. The molecule has 0 fully saturated rings. The molecule has 0 amide bonds. The van der Waals surface area contributed by atoms with Gasteiger partial charge in [0.15, 0.2) is 5.82 Å². The molecule has 0 saturated heterocycles. The van der Waals surface area contributed by atoms with Crippen LogP contribution in [0, 0.1) is 0 Å². The van der Waals surface area contributed by atoms with Crippen molar-refractivity contribution in [1.82, 2.24) is 14.5 Å². The second-order valence-electron chi connectivity index (χ2n) is 15.3. The Morgan fingerprint density at radius 3 is 1.62 bits per heavy atom. The summed E-state index contributed by atoms with van der Waals surface area (Å²) in [6, 6.07) is 76.1. The number of rotatable bonds is 6. The van der Waals surface area contributed by atoms with E-state index in [0.717, 1.165) is 33.8 Å². The number of fused-ring (bicyclic) bond motifs is 7. The molecule has 0 N–H and O–H groups in total. The van der Waals surface area contributed by atoms with Crippen molar-refractivity contribution < 1.29 is 0 Å². The maximum Gasteiger partial charge on any atom is 0.160 e. The third kappa shape index (κ3) is 5.65. The quantitative estimate of drug-likeness (QED) is 0.168. The van der Waals surface area contributed by atoms with Crippen LogP contribution in [0.3, 0.4) is 0 Å². The minimum absolute atomic E-state index is 0.701. The van der Waals surface area contributed by atoms with Crippen LogP contribution in [-0.2, 0) is 0 Å². The average molecular weight is 782 g/mol. The molecule has 3 aromatic heterocycles. The van der Waals surface area contributed by atoms with Gasteiger partial charge >= 0.3 is 0 Å². The Bertz CT molecular complexity index is 3530. The first kappa shape index (κ1) is 34.4. The Balaban J connectivity index is 0.958. The number of benzene rings is 9. The largest absolute Gasteiger partial charge is 0.309 e. The predicted octanol–water partition coefficient (Wildman–Crippen LogP) is 15.4. The van der Waals surface area contributed by atoms with Crippen molar-refractivity contribution in [3.63, 3.8) is 0 Å². The summed E-state index contributed by atoms with van der Waals surface area (Å²) in [6.45, 7) is 0. The van der Waals surface area contributed by atoms with Crippen molar-refractivity contribution in [1.29, 1.82) is 0 Å². The van der Waals surface area contributed by atoms with E-state index >= 15 is 0 Å². The predicted molar refractivity (Wildman–Crippen MR) is 254 cm³/mol. The van der Waals surface area contributed by atoms with Gasteiger partial charge in [0.25, 0.3) is 0 Å². The average Bonchev–Trinajstić information content (AvgIpc) is 3.87. The van der Waals surface area contributed by atoms with E-state index in [-0.39, 0.29) is 0 Å². The van der Waals surface area contributed by atoms with Crippen molar-refractivity contribution in [3.05, 3.63) is 212 Å². The number of aromatic nitrogens is 3. The molecule has 0 atom stereocenters. The number of thiophene rings is 1. The van der Waals surface area contributed by atoms with Crippen LogP contribution in [0.4, 0.5) is 0 Å². The van der Waals surface area contributed by atoms with E-state index < -0.39 is 0 Å². The summed E-state index contributed by atoms with van der Waals surface area (Å²) in [5.41, 5.74) is 13.3. The minimum Gasteiger partial charge on any atom is -0.309 e. The number of para-hydroxylation sites is 1. The summed E-state index contributed by atoms with van der Waals surface area (Å²) in [5, 5.41) is 7.60. The molecule has 0 aliphatic rings. The Hall–Kier alpha value is -7.66. The summed E-state index contributed by atoms with van der Waals surface area (Å²) < 4.78 is 5.04. The molecule has 60 heavy (non-hydrogen) atoms. The number of hydrogen-bond donors (Lipinski definition) is 0. The second-order valence-corrected chi connectivity index (χ2v) is 16.4. The molecule has 0 unspecified atom stereocenters. The molecule has 0 aliphatic carbocycles. The van der Waals surface area contributed by atoms with Crippen LogP contribution in [-0.4, -0.2) is 14.5 Å². The fraction of sp³-hybridized carbons (Fsp3) is 0. The molecule has 4 heteroatoms. The summed E-state index contributed by atoms with van der Waals surface area (Å²) >= 11 is 1.89. The molecule has 12 aromatic rings. The molecule has 280 valence electrons. The van der Waals surface area contributed by atoms with E-state index in [1.807, 2.05) is 23.5 Å². The standard InChI is InChI=1S/C56H35N3S/c1-3-14-36(15-4-1)50-35-51(37-16-5-2-6-17-37)58-56(57-50)38-28-31-40(32-29-38)59-52-26-9-7-18-45(52)49-34-39(30-33-53(49)59)41-20-11-22-43-42(41)21-12-23-44(43)47-24-13-25-48-46-19-8-10-27-54(46)60-55(47)48/h1-35H. The van der Waals surface area contributed by atoms with Gasteiger partial charge in [-0.15, -0.1) is 11.3 Å². The summed E-state index contributed by atoms with van der Waals surface area (Å²) in [5.74, 6) is 0.701. The maximum atomic E-state index is 5.08. The first-order valence-electron chi connectivity index (χ1n) is 20.3. The van der Waals surface area contributed by atoms with E-state index in [4.69, 9.17) is 9.97 Å². The number of hydrogen-bond acceptors (Lipinski definition) is 3. The van der Waals surface area contributed by atoms with Crippen LogP contribution in [0.5, 0.6) is 0 Å². The molecule has 0 aliphatic heterocycles. The first-order chi connectivity index (χ1) is 29.7. The van der Waals surface area contributed by atoms with Gasteiger partial charge < -0.3 is 4.57 Å². The zero-order valence-electron chi connectivity index (χ0n) is 32.5. The monoisotopic (exact) mass is 781 g/mol. The highest BCUT2D eigenvalue weighted by Crippen LogP contribution is 2.44. The van der Waals surface area contributed by atoms with Gasteiger partial charge in [0.2, 0.25) is 0 Å².